The molecule has 0 bridgehead atoms. The van der Waals surface area contributed by atoms with E-state index in [4.69, 9.17) is 4.74 Å². The minimum absolute atomic E-state index is 0.0834. The molecule has 0 unspecified atom stereocenters. The summed E-state index contributed by atoms with van der Waals surface area (Å²) in [5.41, 5.74) is 0.834. The lowest BCUT2D eigenvalue weighted by molar-refractivity contribution is -0.146. The molecule has 0 atom stereocenters. The molecule has 2 rings (SSSR count). The molecule has 0 heterocycles. The molecule has 1 N–H and O–H groups in total. The molecule has 0 aliphatic rings. The van der Waals surface area contributed by atoms with Crippen molar-refractivity contribution >= 4 is 39.3 Å². The van der Waals surface area contributed by atoms with Gasteiger partial charge in [0.05, 0.1) is 11.3 Å². The Hall–Kier alpha value is -2.43. The summed E-state index contributed by atoms with van der Waals surface area (Å²) in [4.78, 5) is 24.7. The lowest BCUT2D eigenvalue weighted by Crippen LogP contribution is -2.24. The summed E-state index contributed by atoms with van der Waals surface area (Å²) >= 11 is 1.37. The average Bonchev–Trinajstić information content (AvgIpc) is 2.69. The second kappa shape index (κ2) is 10.6. The van der Waals surface area contributed by atoms with Gasteiger partial charge in [0.25, 0.3) is 5.91 Å². The Morgan fingerprint density at radius 2 is 1.80 bits per heavy atom. The highest BCUT2D eigenvalue weighted by Crippen LogP contribution is 2.22. The van der Waals surface area contributed by atoms with Crippen molar-refractivity contribution < 1.29 is 27.1 Å². The van der Waals surface area contributed by atoms with Crippen LogP contribution in [-0.4, -0.2) is 51.1 Å². The van der Waals surface area contributed by atoms with Gasteiger partial charge >= 0.3 is 5.97 Å². The molecule has 0 fully saturated rings. The van der Waals surface area contributed by atoms with Crippen molar-refractivity contribution in [2.75, 3.05) is 31.8 Å². The smallest absolute Gasteiger partial charge is 0.307 e. The lowest BCUT2D eigenvalue weighted by atomic mass is 10.2. The third-order valence-electron chi connectivity index (χ3n) is 3.98. The summed E-state index contributed by atoms with van der Waals surface area (Å²) < 4.78 is 43.6. The number of aryl methyl sites for hydroxylation is 1. The molecule has 162 valence electrons. The summed E-state index contributed by atoms with van der Waals surface area (Å²) in [5, 5.41) is 2.52. The zero-order valence-corrected chi connectivity index (χ0v) is 18.5. The van der Waals surface area contributed by atoms with E-state index in [1.165, 1.54) is 44.1 Å². The fourth-order valence-electron chi connectivity index (χ4n) is 2.35. The van der Waals surface area contributed by atoms with Crippen LogP contribution in [0.25, 0.3) is 0 Å². The molecule has 0 saturated carbocycles. The number of halogens is 1. The number of esters is 1. The van der Waals surface area contributed by atoms with Gasteiger partial charge in [-0.2, -0.15) is 0 Å². The van der Waals surface area contributed by atoms with Crippen LogP contribution in [0.5, 0.6) is 0 Å². The predicted molar refractivity (Wildman–Crippen MR) is 113 cm³/mol. The molecule has 10 heteroatoms. The van der Waals surface area contributed by atoms with Crippen LogP contribution in [0.15, 0.2) is 52.3 Å². The Labute approximate surface area is 179 Å². The van der Waals surface area contributed by atoms with Crippen molar-refractivity contribution in [3.63, 3.8) is 0 Å². The Morgan fingerprint density at radius 1 is 1.13 bits per heavy atom. The summed E-state index contributed by atoms with van der Waals surface area (Å²) in [7, 11) is -0.805. The van der Waals surface area contributed by atoms with Gasteiger partial charge in [-0.05, 0) is 48.9 Å². The molecule has 0 saturated heterocycles. The molecular weight excluding hydrogens is 431 g/mol. The minimum atomic E-state index is -3.65. The molecule has 0 aliphatic carbocycles. The number of nitrogens with zero attached hydrogens (tertiary/aromatic N) is 1. The first-order valence-electron chi connectivity index (χ1n) is 8.96. The molecule has 0 aromatic heterocycles. The zero-order valence-electron chi connectivity index (χ0n) is 16.8. The van der Waals surface area contributed by atoms with E-state index in [9.17, 15) is 22.4 Å². The third-order valence-corrected chi connectivity index (χ3v) is 6.95. The van der Waals surface area contributed by atoms with Crippen LogP contribution in [0, 0.1) is 12.7 Å². The van der Waals surface area contributed by atoms with Gasteiger partial charge < -0.3 is 10.1 Å². The molecule has 30 heavy (non-hydrogen) atoms. The first-order chi connectivity index (χ1) is 14.1. The molecule has 0 spiro atoms. The van der Waals surface area contributed by atoms with E-state index in [2.05, 4.69) is 5.32 Å². The second-order valence-electron chi connectivity index (χ2n) is 6.53. The largest absolute Gasteiger partial charge is 0.456 e. The number of nitrogens with one attached hydrogen (secondary N) is 1. The Kier molecular flexibility index (Phi) is 8.39. The first kappa shape index (κ1) is 23.8. The van der Waals surface area contributed by atoms with E-state index in [-0.39, 0.29) is 22.8 Å². The normalized spacial score (nSPS) is 11.4. The monoisotopic (exact) mass is 454 g/mol. The van der Waals surface area contributed by atoms with Gasteiger partial charge in [-0.1, -0.05) is 6.07 Å². The number of hydrogen-bond acceptors (Lipinski definition) is 6. The molecule has 2 aromatic rings. The maximum Gasteiger partial charge on any atom is 0.307 e. The number of anilines is 1. The number of hydrogen-bond donors (Lipinski definition) is 1. The van der Waals surface area contributed by atoms with Gasteiger partial charge in [-0.15, -0.1) is 11.8 Å². The summed E-state index contributed by atoms with van der Waals surface area (Å²) in [6.07, 6.45) is 0.0884. The maximum atomic E-state index is 12.9. The molecule has 0 radical (unpaired) electrons. The highest BCUT2D eigenvalue weighted by Gasteiger charge is 2.20. The van der Waals surface area contributed by atoms with E-state index >= 15 is 0 Å². The number of ether oxygens (including phenoxy) is 1. The van der Waals surface area contributed by atoms with E-state index in [1.54, 1.807) is 31.2 Å². The van der Waals surface area contributed by atoms with Crippen molar-refractivity contribution in [2.24, 2.45) is 0 Å². The van der Waals surface area contributed by atoms with Gasteiger partial charge in [0, 0.05) is 30.4 Å². The average molecular weight is 455 g/mol. The summed E-state index contributed by atoms with van der Waals surface area (Å²) in [6.45, 7) is 1.18. The van der Waals surface area contributed by atoms with Crippen molar-refractivity contribution in [1.82, 2.24) is 4.31 Å². The fraction of sp³-hybridized carbons (Fsp3) is 0.300. The lowest BCUT2D eigenvalue weighted by Gasteiger charge is -2.15. The van der Waals surface area contributed by atoms with Gasteiger partial charge in [-0.25, -0.2) is 17.1 Å². The quantitative estimate of drug-likeness (QED) is 0.462. The molecule has 7 nitrogen and oxygen atoms in total. The highest BCUT2D eigenvalue weighted by atomic mass is 32.2. The van der Waals surface area contributed by atoms with Gasteiger partial charge in [0.15, 0.2) is 6.61 Å². The van der Waals surface area contributed by atoms with Gasteiger partial charge in [0.1, 0.15) is 5.82 Å². The molecule has 1 amide bonds. The highest BCUT2D eigenvalue weighted by molar-refractivity contribution is 7.99. The van der Waals surface area contributed by atoms with Crippen molar-refractivity contribution in [1.29, 1.82) is 0 Å². The predicted octanol–water partition coefficient (Wildman–Crippen LogP) is 3.05. The van der Waals surface area contributed by atoms with Crippen LogP contribution < -0.4 is 5.32 Å². The number of carbonyl (C=O) groups excluding carboxylic acids is 2. The molecule has 0 aliphatic heterocycles. The number of thioether (sulfide) groups is 1. The van der Waals surface area contributed by atoms with E-state index in [0.29, 0.717) is 11.3 Å². The van der Waals surface area contributed by atoms with Crippen molar-refractivity contribution in [3.8, 4) is 0 Å². The number of sulfonamides is 1. The van der Waals surface area contributed by atoms with Crippen molar-refractivity contribution in [2.45, 2.75) is 23.1 Å². The van der Waals surface area contributed by atoms with E-state index < -0.39 is 28.5 Å². The second-order valence-corrected chi connectivity index (χ2v) is 9.82. The van der Waals surface area contributed by atoms with Crippen molar-refractivity contribution in [3.05, 3.63) is 53.8 Å². The standard InChI is InChI=1S/C20H23FN2O5S2/c1-14-4-7-16(12-18(14)30(26,27)23(2)3)22-19(24)13-28-20(25)10-11-29-17-8-5-15(21)6-9-17/h4-9,12H,10-11,13H2,1-3H3,(H,22,24). The van der Waals surface area contributed by atoms with E-state index in [0.717, 1.165) is 9.20 Å². The number of rotatable bonds is 9. The third kappa shape index (κ3) is 6.82. The SMILES string of the molecule is Cc1ccc(NC(=O)COC(=O)CCSc2ccc(F)cc2)cc1S(=O)(=O)N(C)C. The summed E-state index contributed by atoms with van der Waals surface area (Å²) in [5.74, 6) is -1.02. The zero-order chi connectivity index (χ0) is 22.3. The van der Waals surface area contributed by atoms with E-state index in [1.807, 2.05) is 0 Å². The minimum Gasteiger partial charge on any atom is -0.456 e. The van der Waals surface area contributed by atoms with Gasteiger partial charge in [0.2, 0.25) is 10.0 Å². The number of benzene rings is 2. The van der Waals surface area contributed by atoms with Crippen LogP contribution in [0.4, 0.5) is 10.1 Å². The number of carbonyl (C=O) groups is 2. The van der Waals surface area contributed by atoms with Crippen LogP contribution in [0.3, 0.4) is 0 Å². The molecular formula is C20H23FN2O5S2. The fourth-order valence-corrected chi connectivity index (χ4v) is 4.33. The van der Waals surface area contributed by atoms with Crippen LogP contribution in [-0.2, 0) is 24.3 Å². The van der Waals surface area contributed by atoms with Crippen LogP contribution in [0.1, 0.15) is 12.0 Å². The Balaban J connectivity index is 1.83. The number of amides is 1. The topological polar surface area (TPSA) is 92.8 Å². The molecule has 2 aromatic carbocycles. The first-order valence-corrected chi connectivity index (χ1v) is 11.4. The Bertz CT molecular complexity index is 1010. The van der Waals surface area contributed by atoms with Gasteiger partial charge in [-0.3, -0.25) is 9.59 Å². The summed E-state index contributed by atoms with van der Waals surface area (Å²) in [6, 6.07) is 10.4. The van der Waals surface area contributed by atoms with Crippen LogP contribution >= 0.6 is 11.8 Å². The Morgan fingerprint density at radius 3 is 2.43 bits per heavy atom. The van der Waals surface area contributed by atoms with Crippen LogP contribution in [0.2, 0.25) is 0 Å². The maximum absolute atomic E-state index is 12.9.